The van der Waals surface area contributed by atoms with Gasteiger partial charge >= 0.3 is 18.0 Å². The molecule has 0 spiro atoms. The minimum Gasteiger partial charge on any atom is -0.342 e. The van der Waals surface area contributed by atoms with Gasteiger partial charge in [-0.05, 0) is 48.7 Å². The number of nitrogens with one attached hydrogen (secondary N) is 1. The molecule has 0 aliphatic carbocycles. The number of alkyl halides is 6. The molecule has 1 aromatic heterocycles. The second kappa shape index (κ2) is 8.27. The molecule has 0 bridgehead atoms. The van der Waals surface area contributed by atoms with Crippen molar-refractivity contribution in [3.63, 3.8) is 0 Å². The molecule has 3 aromatic rings. The van der Waals surface area contributed by atoms with Crippen molar-refractivity contribution < 1.29 is 31.1 Å². The summed E-state index contributed by atoms with van der Waals surface area (Å²) in [5.74, 6) is -0.241. The van der Waals surface area contributed by atoms with Gasteiger partial charge in [0, 0.05) is 19.1 Å². The van der Waals surface area contributed by atoms with Gasteiger partial charge in [0.25, 0.3) is 0 Å². The normalized spacial score (nSPS) is 15.9. The number of H-pyrrole nitrogens is 1. The van der Waals surface area contributed by atoms with Crippen LogP contribution in [-0.2, 0) is 23.6 Å². The third-order valence-electron chi connectivity index (χ3n) is 5.86. The van der Waals surface area contributed by atoms with E-state index >= 15 is 0 Å². The lowest BCUT2D eigenvalue weighted by molar-refractivity contribution is -0.138. The number of fused-ring (bicyclic) bond motifs is 1. The molecule has 33 heavy (non-hydrogen) atoms. The maximum absolute atomic E-state index is 12.9. The Morgan fingerprint density at radius 2 is 1.48 bits per heavy atom. The van der Waals surface area contributed by atoms with Gasteiger partial charge < -0.3 is 9.88 Å². The Kier molecular flexibility index (Phi) is 5.75. The quantitative estimate of drug-likeness (QED) is 0.560. The Balaban J connectivity index is 1.42. The minimum atomic E-state index is -4.52. The number of hydrogen-bond acceptors (Lipinski definition) is 2. The number of aromatic nitrogens is 2. The van der Waals surface area contributed by atoms with E-state index in [1.807, 2.05) is 0 Å². The fourth-order valence-corrected chi connectivity index (χ4v) is 4.14. The average molecular weight is 471 g/mol. The molecule has 2 aromatic carbocycles. The Labute approximate surface area is 183 Å². The number of rotatable bonds is 3. The maximum atomic E-state index is 12.9. The number of halogens is 6. The fourth-order valence-electron chi connectivity index (χ4n) is 4.14. The number of nitrogens with zero attached hydrogens (tertiary/aromatic N) is 2. The monoisotopic (exact) mass is 471 g/mol. The summed E-state index contributed by atoms with van der Waals surface area (Å²) in [6.45, 7) is 0.647. The van der Waals surface area contributed by atoms with Crippen LogP contribution in [0.1, 0.15) is 35.6 Å². The van der Waals surface area contributed by atoms with Gasteiger partial charge in [0.05, 0.1) is 28.6 Å². The molecule has 0 atom stereocenters. The molecule has 0 unspecified atom stereocenters. The van der Waals surface area contributed by atoms with Gasteiger partial charge in [-0.2, -0.15) is 26.3 Å². The maximum Gasteiger partial charge on any atom is 0.416 e. The number of imidazole rings is 1. The molecule has 1 fully saturated rings. The molecule has 0 radical (unpaired) electrons. The third-order valence-corrected chi connectivity index (χ3v) is 5.86. The third kappa shape index (κ3) is 4.76. The molecule has 1 aliphatic rings. The predicted octanol–water partition coefficient (Wildman–Crippen LogP) is 4.77. The molecule has 4 rings (SSSR count). The average Bonchev–Trinajstić information content (AvgIpc) is 3.08. The highest BCUT2D eigenvalue weighted by molar-refractivity contribution is 5.79. The van der Waals surface area contributed by atoms with Crippen molar-refractivity contribution in [3.8, 4) is 0 Å². The number of likely N-dealkylation sites (tertiary alicyclic amines) is 1. The Morgan fingerprint density at radius 3 is 2.06 bits per heavy atom. The molecule has 2 heterocycles. The highest BCUT2D eigenvalue weighted by atomic mass is 19.4. The summed E-state index contributed by atoms with van der Waals surface area (Å²) in [5.41, 5.74) is -1.24. The van der Waals surface area contributed by atoms with E-state index in [0.29, 0.717) is 37.0 Å². The van der Waals surface area contributed by atoms with Crippen LogP contribution in [0.3, 0.4) is 0 Å². The molecule has 1 amide bonds. The van der Waals surface area contributed by atoms with E-state index in [4.69, 9.17) is 0 Å². The van der Waals surface area contributed by atoms with Gasteiger partial charge in [0.1, 0.15) is 0 Å². The zero-order valence-electron chi connectivity index (χ0n) is 17.1. The highest BCUT2D eigenvalue weighted by Crippen LogP contribution is 2.32. The van der Waals surface area contributed by atoms with E-state index in [2.05, 4.69) is 4.98 Å². The lowest BCUT2D eigenvalue weighted by Gasteiger charge is -2.32. The summed E-state index contributed by atoms with van der Waals surface area (Å²) < 4.78 is 78.3. The van der Waals surface area contributed by atoms with E-state index in [0.717, 1.165) is 24.3 Å². The van der Waals surface area contributed by atoms with Crippen molar-refractivity contribution in [1.29, 1.82) is 0 Å². The number of amides is 1. The van der Waals surface area contributed by atoms with Crippen LogP contribution < -0.4 is 5.69 Å². The van der Waals surface area contributed by atoms with Gasteiger partial charge in [-0.25, -0.2) is 4.79 Å². The number of carbonyl (C=O) groups excluding carboxylic acids is 1. The molecular weight excluding hydrogens is 452 g/mol. The van der Waals surface area contributed by atoms with Crippen LogP contribution in [0.5, 0.6) is 0 Å². The SMILES string of the molecule is O=C(Cc1ccc(C(F)(F)F)cc1)N1CCC(n2c(=O)[nH]c3cc(C(F)(F)F)ccc32)CC1. The molecule has 1 N–H and O–H groups in total. The van der Waals surface area contributed by atoms with Crippen LogP contribution in [0.25, 0.3) is 11.0 Å². The van der Waals surface area contributed by atoms with Crippen LogP contribution in [0.2, 0.25) is 0 Å². The Bertz CT molecular complexity index is 1220. The number of aromatic amines is 1. The summed E-state index contributed by atoms with van der Waals surface area (Å²) in [6, 6.07) is 7.20. The van der Waals surface area contributed by atoms with Crippen LogP contribution in [0, 0.1) is 0 Å². The van der Waals surface area contributed by atoms with E-state index < -0.39 is 29.2 Å². The molecule has 0 saturated carbocycles. The standard InChI is InChI=1S/C22H19F6N3O2/c23-21(24,25)14-3-1-13(2-4-14)11-19(32)30-9-7-16(8-10-30)31-18-6-5-15(22(26,27)28)12-17(18)29-20(31)33/h1-6,12,16H,7-11H2,(H,29,33). The first-order valence-corrected chi connectivity index (χ1v) is 10.2. The van der Waals surface area contributed by atoms with Crippen molar-refractivity contribution >= 4 is 16.9 Å². The molecule has 5 nitrogen and oxygen atoms in total. The van der Waals surface area contributed by atoms with Crippen molar-refractivity contribution in [2.45, 2.75) is 37.7 Å². The second-order valence-electron chi connectivity index (χ2n) is 8.01. The summed E-state index contributed by atoms with van der Waals surface area (Å²) in [7, 11) is 0. The van der Waals surface area contributed by atoms with Gasteiger partial charge in [0.15, 0.2) is 0 Å². The van der Waals surface area contributed by atoms with Crippen molar-refractivity contribution in [1.82, 2.24) is 14.5 Å². The predicted molar refractivity (Wildman–Crippen MR) is 108 cm³/mol. The smallest absolute Gasteiger partial charge is 0.342 e. The summed E-state index contributed by atoms with van der Waals surface area (Å²) in [4.78, 5) is 29.0. The van der Waals surface area contributed by atoms with Crippen molar-refractivity contribution in [2.75, 3.05) is 13.1 Å². The fraction of sp³-hybridized carbons (Fsp3) is 0.364. The number of hydrogen-bond donors (Lipinski definition) is 1. The Morgan fingerprint density at radius 1 is 0.909 bits per heavy atom. The highest BCUT2D eigenvalue weighted by Gasteiger charge is 2.32. The summed E-state index contributed by atoms with van der Waals surface area (Å²) >= 11 is 0. The summed E-state index contributed by atoms with van der Waals surface area (Å²) in [6.07, 6.45) is -8.17. The van der Waals surface area contributed by atoms with Crippen molar-refractivity contribution in [3.05, 3.63) is 69.6 Å². The van der Waals surface area contributed by atoms with Crippen molar-refractivity contribution in [2.24, 2.45) is 0 Å². The Hall–Kier alpha value is -3.24. The zero-order chi connectivity index (χ0) is 24.0. The molecule has 11 heteroatoms. The van der Waals surface area contributed by atoms with E-state index in [1.165, 1.54) is 22.8 Å². The van der Waals surface area contributed by atoms with E-state index in [9.17, 15) is 35.9 Å². The van der Waals surface area contributed by atoms with Crippen LogP contribution in [0.15, 0.2) is 47.3 Å². The molecule has 1 saturated heterocycles. The van der Waals surface area contributed by atoms with Gasteiger partial charge in [-0.3, -0.25) is 9.36 Å². The minimum absolute atomic E-state index is 0.0456. The first kappa shape index (κ1) is 22.9. The van der Waals surface area contributed by atoms with Gasteiger partial charge in [-0.15, -0.1) is 0 Å². The van der Waals surface area contributed by atoms with Gasteiger partial charge in [-0.1, -0.05) is 12.1 Å². The lowest BCUT2D eigenvalue weighted by atomic mass is 10.0. The van der Waals surface area contributed by atoms with Crippen LogP contribution in [-0.4, -0.2) is 33.4 Å². The van der Waals surface area contributed by atoms with E-state index in [1.54, 1.807) is 4.90 Å². The second-order valence-corrected chi connectivity index (χ2v) is 8.01. The largest absolute Gasteiger partial charge is 0.416 e. The first-order valence-electron chi connectivity index (χ1n) is 10.2. The van der Waals surface area contributed by atoms with Crippen LogP contribution in [0.4, 0.5) is 26.3 Å². The molecular formula is C22H19F6N3O2. The van der Waals surface area contributed by atoms with E-state index in [-0.39, 0.29) is 23.9 Å². The first-order chi connectivity index (χ1) is 15.4. The summed E-state index contributed by atoms with van der Waals surface area (Å²) in [5, 5.41) is 0. The molecule has 1 aliphatic heterocycles. The number of benzene rings is 2. The van der Waals surface area contributed by atoms with Crippen LogP contribution >= 0.6 is 0 Å². The lowest BCUT2D eigenvalue weighted by Crippen LogP contribution is -2.41. The number of piperidine rings is 1. The zero-order valence-corrected chi connectivity index (χ0v) is 17.1. The number of carbonyl (C=O) groups is 1. The topological polar surface area (TPSA) is 58.1 Å². The van der Waals surface area contributed by atoms with Gasteiger partial charge in [0.2, 0.25) is 5.91 Å². The molecule has 176 valence electrons.